The van der Waals surface area contributed by atoms with Crippen molar-refractivity contribution in [3.05, 3.63) is 23.5 Å². The molecular formula is C7H12ClNSi. The van der Waals surface area contributed by atoms with Crippen molar-refractivity contribution in [2.75, 3.05) is 0 Å². The number of hydrogen-bond acceptors (Lipinski definition) is 0. The van der Waals surface area contributed by atoms with Gasteiger partial charge >= 0.3 is 0 Å². The maximum Gasteiger partial charge on any atom is 0.152 e. The smallest absolute Gasteiger partial charge is 0.152 e. The second kappa shape index (κ2) is 2.44. The Labute approximate surface area is 67.7 Å². The molecule has 0 aliphatic carbocycles. The Morgan fingerprint density at radius 3 is 2.20 bits per heavy atom. The fraction of sp³-hybridized carbons (Fsp3) is 0.429. The Kier molecular flexibility index (Phi) is 1.92. The summed E-state index contributed by atoms with van der Waals surface area (Å²) in [5.74, 6) is 0. The second-order valence-electron chi connectivity index (χ2n) is 3.41. The van der Waals surface area contributed by atoms with Gasteiger partial charge < -0.3 is 4.23 Å². The Hall–Kier alpha value is -0.213. The van der Waals surface area contributed by atoms with E-state index in [0.29, 0.717) is 0 Å². The van der Waals surface area contributed by atoms with Gasteiger partial charge in [-0.2, -0.15) is 0 Å². The summed E-state index contributed by atoms with van der Waals surface area (Å²) in [6.45, 7) is 6.84. The summed E-state index contributed by atoms with van der Waals surface area (Å²) in [6, 6.07) is 1.93. The fourth-order valence-electron chi connectivity index (χ4n) is 0.788. The number of nitrogens with zero attached hydrogens (tertiary/aromatic N) is 1. The molecule has 0 N–H and O–H groups in total. The number of hydrogen-bond donors (Lipinski definition) is 0. The molecule has 0 radical (unpaired) electrons. The summed E-state index contributed by atoms with van der Waals surface area (Å²) in [6.07, 6.45) is 4.04. The molecule has 1 rings (SSSR count). The third kappa shape index (κ3) is 1.64. The molecule has 0 amide bonds. The summed E-state index contributed by atoms with van der Waals surface area (Å²) < 4.78 is 2.23. The lowest BCUT2D eigenvalue weighted by atomic mass is 10.7. The molecule has 0 aromatic carbocycles. The molecule has 0 bridgehead atoms. The minimum atomic E-state index is -1.18. The minimum Gasteiger partial charge on any atom is -0.380 e. The standard InChI is InChI=1S/C7H12ClNSi/c1-10(2,3)9-5-4-7(8)6-9/h4-6H,1-3H3. The van der Waals surface area contributed by atoms with Gasteiger partial charge in [-0.05, 0) is 12.3 Å². The van der Waals surface area contributed by atoms with Crippen LogP contribution >= 0.6 is 11.6 Å². The number of aromatic nitrogens is 1. The molecule has 0 saturated heterocycles. The van der Waals surface area contributed by atoms with E-state index in [1.165, 1.54) is 0 Å². The van der Waals surface area contributed by atoms with Crippen molar-refractivity contribution in [1.82, 2.24) is 4.23 Å². The lowest BCUT2D eigenvalue weighted by Gasteiger charge is -2.17. The van der Waals surface area contributed by atoms with Crippen molar-refractivity contribution < 1.29 is 0 Å². The van der Waals surface area contributed by atoms with E-state index in [1.807, 2.05) is 12.3 Å². The Morgan fingerprint density at radius 2 is 2.00 bits per heavy atom. The van der Waals surface area contributed by atoms with E-state index in [-0.39, 0.29) is 0 Å². The van der Waals surface area contributed by atoms with Gasteiger partial charge in [-0.1, -0.05) is 31.2 Å². The first-order valence-corrected chi connectivity index (χ1v) is 7.16. The fourth-order valence-corrected chi connectivity index (χ4v) is 2.08. The van der Waals surface area contributed by atoms with Crippen LogP contribution in [0.4, 0.5) is 0 Å². The van der Waals surface area contributed by atoms with Crippen LogP contribution in [0.15, 0.2) is 18.5 Å². The summed E-state index contributed by atoms with van der Waals surface area (Å²) in [4.78, 5) is 0. The quantitative estimate of drug-likeness (QED) is 0.576. The van der Waals surface area contributed by atoms with Crippen molar-refractivity contribution in [2.45, 2.75) is 19.6 Å². The van der Waals surface area contributed by atoms with Crippen LogP contribution in [0, 0.1) is 0 Å². The highest BCUT2D eigenvalue weighted by molar-refractivity contribution is 6.74. The van der Waals surface area contributed by atoms with Gasteiger partial charge in [0, 0.05) is 6.20 Å². The molecule has 0 aliphatic rings. The Balaban J connectivity index is 2.96. The number of halogens is 1. The van der Waals surface area contributed by atoms with Crippen LogP contribution in [-0.4, -0.2) is 12.5 Å². The normalized spacial score (nSPS) is 12.0. The van der Waals surface area contributed by atoms with Gasteiger partial charge in [-0.25, -0.2) is 0 Å². The molecule has 1 nitrogen and oxygen atoms in total. The van der Waals surface area contributed by atoms with E-state index in [2.05, 4.69) is 30.1 Å². The van der Waals surface area contributed by atoms with Crippen LogP contribution in [0.1, 0.15) is 0 Å². The van der Waals surface area contributed by atoms with Crippen LogP contribution in [0.5, 0.6) is 0 Å². The largest absolute Gasteiger partial charge is 0.380 e. The zero-order chi connectivity index (χ0) is 7.78. The minimum absolute atomic E-state index is 0.836. The SMILES string of the molecule is C[Si](C)(C)n1ccc(Cl)c1. The Bertz CT molecular complexity index is 224. The van der Waals surface area contributed by atoms with E-state index in [1.54, 1.807) is 0 Å². The van der Waals surface area contributed by atoms with Gasteiger partial charge in [-0.15, -0.1) is 0 Å². The van der Waals surface area contributed by atoms with E-state index in [0.717, 1.165) is 5.02 Å². The average molecular weight is 174 g/mol. The van der Waals surface area contributed by atoms with Crippen molar-refractivity contribution in [2.24, 2.45) is 0 Å². The molecule has 0 unspecified atom stereocenters. The van der Waals surface area contributed by atoms with Crippen LogP contribution in [0.25, 0.3) is 0 Å². The van der Waals surface area contributed by atoms with Gasteiger partial charge in [0.1, 0.15) is 0 Å². The van der Waals surface area contributed by atoms with Gasteiger partial charge in [0.25, 0.3) is 0 Å². The molecule has 3 heteroatoms. The first kappa shape index (κ1) is 7.89. The molecule has 1 heterocycles. The lowest BCUT2D eigenvalue weighted by molar-refractivity contribution is 1.15. The van der Waals surface area contributed by atoms with Gasteiger partial charge in [0.2, 0.25) is 0 Å². The highest BCUT2D eigenvalue weighted by Gasteiger charge is 2.14. The average Bonchev–Trinajstić information content (AvgIpc) is 2.11. The summed E-state index contributed by atoms with van der Waals surface area (Å²) in [5.41, 5.74) is 0. The molecule has 1 aromatic rings. The first-order chi connectivity index (χ1) is 4.50. The molecular weight excluding hydrogens is 162 g/mol. The van der Waals surface area contributed by atoms with Crippen molar-refractivity contribution in [3.63, 3.8) is 0 Å². The maximum absolute atomic E-state index is 5.77. The van der Waals surface area contributed by atoms with Crippen LogP contribution in [-0.2, 0) is 0 Å². The van der Waals surface area contributed by atoms with Crippen LogP contribution < -0.4 is 0 Å². The van der Waals surface area contributed by atoms with E-state index in [4.69, 9.17) is 11.6 Å². The van der Waals surface area contributed by atoms with Gasteiger partial charge in [-0.3, -0.25) is 0 Å². The summed E-state index contributed by atoms with van der Waals surface area (Å²) in [5, 5.41) is 0.836. The highest BCUT2D eigenvalue weighted by atomic mass is 35.5. The predicted molar refractivity (Wildman–Crippen MR) is 48.2 cm³/mol. The van der Waals surface area contributed by atoms with Crippen LogP contribution in [0.3, 0.4) is 0 Å². The molecule has 56 valence electrons. The van der Waals surface area contributed by atoms with Crippen molar-refractivity contribution >= 4 is 19.8 Å². The predicted octanol–water partition coefficient (Wildman–Crippen LogP) is 2.82. The van der Waals surface area contributed by atoms with Gasteiger partial charge in [0.15, 0.2) is 8.24 Å². The van der Waals surface area contributed by atoms with Crippen LogP contribution in [0.2, 0.25) is 24.7 Å². The lowest BCUT2D eigenvalue weighted by Crippen LogP contribution is -2.30. The molecule has 0 aliphatic heterocycles. The second-order valence-corrected chi connectivity index (χ2v) is 8.70. The first-order valence-electron chi connectivity index (χ1n) is 3.34. The summed E-state index contributed by atoms with van der Waals surface area (Å²) >= 11 is 5.77. The third-order valence-corrected chi connectivity index (χ3v) is 3.48. The molecule has 0 spiro atoms. The third-order valence-electron chi connectivity index (χ3n) is 1.43. The molecule has 1 aromatic heterocycles. The van der Waals surface area contributed by atoms with E-state index in [9.17, 15) is 0 Å². The molecule has 10 heavy (non-hydrogen) atoms. The van der Waals surface area contributed by atoms with E-state index < -0.39 is 8.24 Å². The molecule has 0 saturated carbocycles. The maximum atomic E-state index is 5.77. The van der Waals surface area contributed by atoms with Crippen molar-refractivity contribution in [1.29, 1.82) is 0 Å². The summed E-state index contributed by atoms with van der Waals surface area (Å²) in [7, 11) is -1.18. The topological polar surface area (TPSA) is 4.93 Å². The highest BCUT2D eigenvalue weighted by Crippen LogP contribution is 2.13. The van der Waals surface area contributed by atoms with E-state index >= 15 is 0 Å². The monoisotopic (exact) mass is 173 g/mol. The zero-order valence-electron chi connectivity index (χ0n) is 6.56. The zero-order valence-corrected chi connectivity index (χ0v) is 8.31. The molecule has 0 fully saturated rings. The molecule has 0 atom stereocenters. The van der Waals surface area contributed by atoms with Gasteiger partial charge in [0.05, 0.1) is 5.02 Å². The van der Waals surface area contributed by atoms with Crippen molar-refractivity contribution in [3.8, 4) is 0 Å². The Morgan fingerprint density at radius 1 is 1.40 bits per heavy atom. The number of rotatable bonds is 1.